The van der Waals surface area contributed by atoms with Gasteiger partial charge in [-0.15, -0.1) is 0 Å². The highest BCUT2D eigenvalue weighted by atomic mass is 19.1. The summed E-state index contributed by atoms with van der Waals surface area (Å²) in [7, 11) is 1.92. The van der Waals surface area contributed by atoms with E-state index in [4.69, 9.17) is 0 Å². The highest BCUT2D eigenvalue weighted by Crippen LogP contribution is 2.26. The lowest BCUT2D eigenvalue weighted by atomic mass is 10.1. The van der Waals surface area contributed by atoms with E-state index in [-0.39, 0.29) is 5.82 Å². The molecule has 4 heteroatoms. The Bertz CT molecular complexity index is 596. The fourth-order valence-electron chi connectivity index (χ4n) is 2.52. The molecule has 0 aliphatic heterocycles. The van der Waals surface area contributed by atoms with E-state index in [1.54, 1.807) is 12.3 Å². The Hall–Kier alpha value is -1.94. The fourth-order valence-corrected chi connectivity index (χ4v) is 2.52. The predicted octanol–water partition coefficient (Wildman–Crippen LogP) is 3.11. The van der Waals surface area contributed by atoms with Crippen LogP contribution < -0.4 is 10.2 Å². The highest BCUT2D eigenvalue weighted by Gasteiger charge is 2.21. The van der Waals surface area contributed by atoms with Gasteiger partial charge in [0.2, 0.25) is 0 Å². The quantitative estimate of drug-likeness (QED) is 0.884. The van der Waals surface area contributed by atoms with E-state index in [1.165, 1.54) is 18.9 Å². The number of hydrogen-bond acceptors (Lipinski definition) is 3. The van der Waals surface area contributed by atoms with Gasteiger partial charge in [0.1, 0.15) is 5.82 Å². The van der Waals surface area contributed by atoms with Crippen LogP contribution in [0.5, 0.6) is 0 Å². The molecule has 0 atom stereocenters. The van der Waals surface area contributed by atoms with Crippen molar-refractivity contribution in [3.8, 4) is 0 Å². The zero-order valence-corrected chi connectivity index (χ0v) is 12.2. The van der Waals surface area contributed by atoms with E-state index < -0.39 is 0 Å². The van der Waals surface area contributed by atoms with Crippen LogP contribution in [0.3, 0.4) is 0 Å². The van der Waals surface area contributed by atoms with Crippen LogP contribution in [0.15, 0.2) is 42.7 Å². The first kappa shape index (κ1) is 14.0. The summed E-state index contributed by atoms with van der Waals surface area (Å²) in [6, 6.07) is 9.82. The zero-order valence-electron chi connectivity index (χ0n) is 12.2. The third kappa shape index (κ3) is 3.58. The molecule has 1 aromatic carbocycles. The minimum absolute atomic E-state index is 0.170. The largest absolute Gasteiger partial charge is 0.368 e. The monoisotopic (exact) mass is 285 g/mol. The molecule has 0 bridgehead atoms. The molecule has 0 radical (unpaired) electrons. The number of rotatable bonds is 6. The molecular formula is C17H20FN3. The summed E-state index contributed by atoms with van der Waals surface area (Å²) >= 11 is 0. The van der Waals surface area contributed by atoms with Gasteiger partial charge >= 0.3 is 0 Å². The molecule has 3 rings (SSSR count). The summed E-state index contributed by atoms with van der Waals surface area (Å²) < 4.78 is 14.3. The Morgan fingerprint density at radius 3 is 2.86 bits per heavy atom. The number of anilines is 1. The maximum absolute atomic E-state index is 14.3. The third-order valence-electron chi connectivity index (χ3n) is 3.75. The smallest absolute Gasteiger partial charge is 0.146 e. The maximum atomic E-state index is 14.3. The lowest BCUT2D eigenvalue weighted by molar-refractivity contribution is 0.613. The molecule has 0 unspecified atom stereocenters. The Balaban J connectivity index is 1.78. The molecule has 1 fully saturated rings. The van der Waals surface area contributed by atoms with Gasteiger partial charge in [0.05, 0.1) is 5.69 Å². The predicted molar refractivity (Wildman–Crippen MR) is 82.6 cm³/mol. The van der Waals surface area contributed by atoms with Crippen molar-refractivity contribution in [2.45, 2.75) is 32.0 Å². The second-order valence-corrected chi connectivity index (χ2v) is 5.62. The van der Waals surface area contributed by atoms with E-state index >= 15 is 0 Å². The van der Waals surface area contributed by atoms with Crippen molar-refractivity contribution in [3.05, 3.63) is 59.7 Å². The second-order valence-electron chi connectivity index (χ2n) is 5.62. The van der Waals surface area contributed by atoms with Gasteiger partial charge < -0.3 is 10.2 Å². The van der Waals surface area contributed by atoms with Crippen molar-refractivity contribution in [1.82, 2.24) is 10.3 Å². The highest BCUT2D eigenvalue weighted by molar-refractivity contribution is 5.54. The van der Waals surface area contributed by atoms with Gasteiger partial charge in [-0.3, -0.25) is 4.98 Å². The van der Waals surface area contributed by atoms with E-state index in [0.717, 1.165) is 17.7 Å². The fraction of sp³-hybridized carbons (Fsp3) is 0.353. The molecule has 1 saturated carbocycles. The van der Waals surface area contributed by atoms with Crippen molar-refractivity contribution in [1.29, 1.82) is 0 Å². The number of nitrogens with zero attached hydrogens (tertiary/aromatic N) is 2. The van der Waals surface area contributed by atoms with Crippen LogP contribution >= 0.6 is 0 Å². The van der Waals surface area contributed by atoms with E-state index in [0.29, 0.717) is 18.3 Å². The normalized spacial score (nSPS) is 14.2. The summed E-state index contributed by atoms with van der Waals surface area (Å²) in [4.78, 5) is 6.07. The van der Waals surface area contributed by atoms with Gasteiger partial charge in [0, 0.05) is 38.6 Å². The summed E-state index contributed by atoms with van der Waals surface area (Å²) in [5.74, 6) is -0.170. The molecule has 1 heterocycles. The molecule has 2 aromatic rings. The first-order valence-electron chi connectivity index (χ1n) is 7.35. The van der Waals surface area contributed by atoms with Gasteiger partial charge in [-0.1, -0.05) is 18.2 Å². The van der Waals surface area contributed by atoms with Crippen LogP contribution in [0.2, 0.25) is 0 Å². The molecule has 110 valence electrons. The number of halogens is 1. The average Bonchev–Trinajstić information content (AvgIpc) is 3.30. The number of pyridine rings is 1. The maximum Gasteiger partial charge on any atom is 0.146 e. The van der Waals surface area contributed by atoms with Crippen molar-refractivity contribution in [2.24, 2.45) is 0 Å². The second kappa shape index (κ2) is 6.22. The van der Waals surface area contributed by atoms with Crippen LogP contribution in [0.1, 0.15) is 24.0 Å². The molecule has 1 aliphatic carbocycles. The van der Waals surface area contributed by atoms with E-state index in [1.807, 2.05) is 36.3 Å². The molecule has 21 heavy (non-hydrogen) atoms. The van der Waals surface area contributed by atoms with Crippen LogP contribution in [-0.4, -0.2) is 18.1 Å². The molecule has 0 saturated heterocycles. The minimum Gasteiger partial charge on any atom is -0.368 e. The lowest BCUT2D eigenvalue weighted by Crippen LogP contribution is -2.22. The number of benzene rings is 1. The molecule has 0 spiro atoms. The van der Waals surface area contributed by atoms with Gasteiger partial charge in [-0.05, 0) is 36.1 Å². The van der Waals surface area contributed by atoms with Crippen molar-refractivity contribution < 1.29 is 4.39 Å². The topological polar surface area (TPSA) is 28.2 Å². The van der Waals surface area contributed by atoms with Crippen molar-refractivity contribution in [3.63, 3.8) is 0 Å². The molecule has 1 aliphatic rings. The Kier molecular flexibility index (Phi) is 4.15. The number of hydrogen-bond donors (Lipinski definition) is 1. The zero-order chi connectivity index (χ0) is 14.7. The average molecular weight is 285 g/mol. The number of nitrogens with one attached hydrogen (secondary N) is 1. The summed E-state index contributed by atoms with van der Waals surface area (Å²) in [6.07, 6.45) is 6.03. The molecule has 3 nitrogen and oxygen atoms in total. The standard InChI is InChI=1S/C17H20FN3/c1-21(12-13-4-3-9-19-10-13)17-14(5-2-6-16(17)18)11-20-15-7-8-15/h2-6,9-10,15,20H,7-8,11-12H2,1H3. The first-order chi connectivity index (χ1) is 10.2. The molecule has 0 amide bonds. The Morgan fingerprint density at radius 1 is 1.29 bits per heavy atom. The van der Waals surface area contributed by atoms with E-state index in [2.05, 4.69) is 10.3 Å². The van der Waals surface area contributed by atoms with Crippen molar-refractivity contribution in [2.75, 3.05) is 11.9 Å². The summed E-state index contributed by atoms with van der Waals surface area (Å²) in [6.45, 7) is 1.36. The van der Waals surface area contributed by atoms with Gasteiger partial charge in [0.25, 0.3) is 0 Å². The lowest BCUT2D eigenvalue weighted by Gasteiger charge is -2.23. The summed E-state index contributed by atoms with van der Waals surface area (Å²) in [5, 5.41) is 3.45. The van der Waals surface area contributed by atoms with Crippen LogP contribution in [0.4, 0.5) is 10.1 Å². The van der Waals surface area contributed by atoms with Gasteiger partial charge in [-0.25, -0.2) is 4.39 Å². The van der Waals surface area contributed by atoms with Crippen LogP contribution in [-0.2, 0) is 13.1 Å². The van der Waals surface area contributed by atoms with Crippen LogP contribution in [0, 0.1) is 5.82 Å². The van der Waals surface area contributed by atoms with Crippen molar-refractivity contribution >= 4 is 5.69 Å². The van der Waals surface area contributed by atoms with Gasteiger partial charge in [0.15, 0.2) is 0 Å². The minimum atomic E-state index is -0.170. The molecule has 1 N–H and O–H groups in total. The van der Waals surface area contributed by atoms with Crippen LogP contribution in [0.25, 0.3) is 0 Å². The SMILES string of the molecule is CN(Cc1cccnc1)c1c(F)cccc1CNC1CC1. The van der Waals surface area contributed by atoms with E-state index in [9.17, 15) is 4.39 Å². The van der Waals surface area contributed by atoms with Gasteiger partial charge in [-0.2, -0.15) is 0 Å². The number of aromatic nitrogens is 1. The first-order valence-corrected chi connectivity index (χ1v) is 7.35. The molecular weight excluding hydrogens is 265 g/mol. The Labute approximate surface area is 124 Å². The third-order valence-corrected chi connectivity index (χ3v) is 3.75. The number of para-hydroxylation sites is 1. The summed E-state index contributed by atoms with van der Waals surface area (Å²) in [5.41, 5.74) is 2.76. The molecule has 1 aromatic heterocycles. The Morgan fingerprint density at radius 2 is 2.14 bits per heavy atom.